The third-order valence-electron chi connectivity index (χ3n) is 3.50. The maximum atomic E-state index is 12.5. The van der Waals surface area contributed by atoms with Gasteiger partial charge in [0.2, 0.25) is 0 Å². The van der Waals surface area contributed by atoms with Crippen LogP contribution in [0, 0.1) is 0 Å². The summed E-state index contributed by atoms with van der Waals surface area (Å²) >= 11 is 12.1. The van der Waals surface area contributed by atoms with Crippen molar-refractivity contribution in [2.24, 2.45) is 0 Å². The average Bonchev–Trinajstić information content (AvgIpc) is 2.54. The summed E-state index contributed by atoms with van der Waals surface area (Å²) in [5, 5.41) is 3.99. The largest absolute Gasteiger partial charge is 0.493 e. The molecule has 6 heteroatoms. The highest BCUT2D eigenvalue weighted by Crippen LogP contribution is 2.29. The second-order valence-corrected chi connectivity index (χ2v) is 6.00. The number of ether oxygens (including phenoxy) is 2. The van der Waals surface area contributed by atoms with Crippen molar-refractivity contribution in [3.8, 4) is 11.5 Å². The molecule has 128 valence electrons. The number of halogens is 2. The number of rotatable bonds is 6. The van der Waals surface area contributed by atoms with Gasteiger partial charge in [-0.1, -0.05) is 29.3 Å². The van der Waals surface area contributed by atoms with Gasteiger partial charge in [0.15, 0.2) is 11.5 Å². The molecule has 0 spiro atoms. The molecule has 2 rings (SSSR count). The number of hydrogen-bond acceptors (Lipinski definition) is 3. The van der Waals surface area contributed by atoms with Gasteiger partial charge in [-0.25, -0.2) is 0 Å². The Morgan fingerprint density at radius 3 is 2.54 bits per heavy atom. The van der Waals surface area contributed by atoms with E-state index in [0.717, 1.165) is 5.56 Å². The first-order chi connectivity index (χ1) is 11.5. The van der Waals surface area contributed by atoms with Gasteiger partial charge < -0.3 is 14.8 Å². The van der Waals surface area contributed by atoms with E-state index in [1.54, 1.807) is 43.5 Å². The first-order valence-corrected chi connectivity index (χ1v) is 8.28. The Morgan fingerprint density at radius 1 is 1.17 bits per heavy atom. The summed E-state index contributed by atoms with van der Waals surface area (Å²) in [6, 6.07) is 9.99. The average molecular weight is 368 g/mol. The van der Waals surface area contributed by atoms with E-state index in [9.17, 15) is 4.79 Å². The van der Waals surface area contributed by atoms with E-state index < -0.39 is 0 Å². The predicted octanol–water partition coefficient (Wildman–Crippen LogP) is 4.89. The van der Waals surface area contributed by atoms with Crippen LogP contribution in [0.1, 0.15) is 35.8 Å². The summed E-state index contributed by atoms with van der Waals surface area (Å²) < 4.78 is 10.7. The van der Waals surface area contributed by atoms with Gasteiger partial charge >= 0.3 is 0 Å². The van der Waals surface area contributed by atoms with Crippen molar-refractivity contribution in [1.82, 2.24) is 5.32 Å². The molecular weight excluding hydrogens is 349 g/mol. The molecule has 0 heterocycles. The zero-order valence-corrected chi connectivity index (χ0v) is 15.2. The van der Waals surface area contributed by atoms with Crippen molar-refractivity contribution in [2.45, 2.75) is 19.9 Å². The highest BCUT2D eigenvalue weighted by atomic mass is 35.5. The van der Waals surface area contributed by atoms with Gasteiger partial charge in [0, 0.05) is 15.6 Å². The molecule has 0 aliphatic heterocycles. The van der Waals surface area contributed by atoms with Gasteiger partial charge in [0.25, 0.3) is 5.91 Å². The molecule has 1 unspecified atom stereocenters. The Balaban J connectivity index is 2.18. The molecule has 0 fully saturated rings. The van der Waals surface area contributed by atoms with E-state index in [0.29, 0.717) is 33.7 Å². The number of carbonyl (C=O) groups is 1. The molecule has 24 heavy (non-hydrogen) atoms. The fraction of sp³-hybridized carbons (Fsp3) is 0.278. The van der Waals surface area contributed by atoms with Crippen LogP contribution in [0.25, 0.3) is 0 Å². The lowest BCUT2D eigenvalue weighted by Gasteiger charge is -2.17. The Bertz CT molecular complexity index is 734. The summed E-state index contributed by atoms with van der Waals surface area (Å²) in [7, 11) is 1.56. The summed E-state index contributed by atoms with van der Waals surface area (Å²) in [6.45, 7) is 4.22. The molecular formula is C18H19Cl2NO3. The third-order valence-corrected chi connectivity index (χ3v) is 4.06. The normalized spacial score (nSPS) is 11.7. The molecule has 4 nitrogen and oxygen atoms in total. The molecule has 0 saturated carbocycles. The molecule has 0 aliphatic rings. The third kappa shape index (κ3) is 4.34. The Labute approximate surface area is 151 Å². The number of amides is 1. The van der Waals surface area contributed by atoms with Crippen LogP contribution in [0.3, 0.4) is 0 Å². The molecule has 2 aromatic rings. The lowest BCUT2D eigenvalue weighted by molar-refractivity contribution is 0.0939. The number of nitrogens with one attached hydrogen (secondary N) is 1. The van der Waals surface area contributed by atoms with Crippen molar-refractivity contribution in [2.75, 3.05) is 13.7 Å². The molecule has 1 amide bonds. The summed E-state index contributed by atoms with van der Waals surface area (Å²) in [5.74, 6) is 0.893. The van der Waals surface area contributed by atoms with E-state index in [2.05, 4.69) is 5.32 Å². The van der Waals surface area contributed by atoms with E-state index in [4.69, 9.17) is 32.7 Å². The van der Waals surface area contributed by atoms with Crippen molar-refractivity contribution >= 4 is 29.1 Å². The second-order valence-electron chi connectivity index (χ2n) is 5.16. The van der Waals surface area contributed by atoms with Gasteiger partial charge in [-0.05, 0) is 49.7 Å². The molecule has 0 radical (unpaired) electrons. The lowest BCUT2D eigenvalue weighted by Crippen LogP contribution is -2.26. The van der Waals surface area contributed by atoms with Crippen LogP contribution in [0.2, 0.25) is 10.0 Å². The minimum Gasteiger partial charge on any atom is -0.493 e. The van der Waals surface area contributed by atoms with Crippen LogP contribution in [0.4, 0.5) is 0 Å². The van der Waals surface area contributed by atoms with Crippen LogP contribution < -0.4 is 14.8 Å². The van der Waals surface area contributed by atoms with Crippen molar-refractivity contribution in [3.63, 3.8) is 0 Å². The second kappa shape index (κ2) is 8.27. The van der Waals surface area contributed by atoms with Crippen LogP contribution in [0.15, 0.2) is 36.4 Å². The minimum atomic E-state index is -0.264. The molecule has 1 atom stereocenters. The van der Waals surface area contributed by atoms with Crippen LogP contribution in [0.5, 0.6) is 11.5 Å². The first-order valence-electron chi connectivity index (χ1n) is 7.53. The van der Waals surface area contributed by atoms with E-state index in [-0.39, 0.29) is 11.9 Å². The number of carbonyl (C=O) groups excluding carboxylic acids is 1. The van der Waals surface area contributed by atoms with Gasteiger partial charge in [0.1, 0.15) is 0 Å². The van der Waals surface area contributed by atoms with E-state index in [1.165, 1.54) is 0 Å². The van der Waals surface area contributed by atoms with Gasteiger partial charge in [-0.2, -0.15) is 0 Å². The van der Waals surface area contributed by atoms with Gasteiger partial charge in [-0.3, -0.25) is 4.79 Å². The molecule has 0 aliphatic carbocycles. The van der Waals surface area contributed by atoms with Gasteiger partial charge in [0.05, 0.1) is 19.8 Å². The monoisotopic (exact) mass is 367 g/mol. The van der Waals surface area contributed by atoms with Crippen LogP contribution in [-0.4, -0.2) is 19.6 Å². The van der Waals surface area contributed by atoms with Crippen molar-refractivity contribution in [3.05, 3.63) is 57.6 Å². The predicted molar refractivity (Wildman–Crippen MR) is 96.5 cm³/mol. The minimum absolute atomic E-state index is 0.225. The smallest absolute Gasteiger partial charge is 0.251 e. The Morgan fingerprint density at radius 2 is 1.92 bits per heavy atom. The topological polar surface area (TPSA) is 47.6 Å². The Kier molecular flexibility index (Phi) is 6.35. The van der Waals surface area contributed by atoms with Crippen LogP contribution in [-0.2, 0) is 0 Å². The number of benzene rings is 2. The van der Waals surface area contributed by atoms with Crippen molar-refractivity contribution in [1.29, 1.82) is 0 Å². The number of hydrogen-bond donors (Lipinski definition) is 1. The first kappa shape index (κ1) is 18.4. The zero-order chi connectivity index (χ0) is 17.7. The maximum Gasteiger partial charge on any atom is 0.251 e. The Hall–Kier alpha value is -1.91. The highest BCUT2D eigenvalue weighted by Gasteiger charge is 2.16. The molecule has 0 aromatic heterocycles. The summed E-state index contributed by atoms with van der Waals surface area (Å²) in [5.41, 5.74) is 1.28. The number of methoxy groups -OCH3 is 1. The molecule has 0 bridgehead atoms. The van der Waals surface area contributed by atoms with E-state index >= 15 is 0 Å². The zero-order valence-electron chi connectivity index (χ0n) is 13.7. The fourth-order valence-electron chi connectivity index (χ4n) is 2.30. The summed E-state index contributed by atoms with van der Waals surface area (Å²) in [6.07, 6.45) is 0. The van der Waals surface area contributed by atoms with E-state index in [1.807, 2.05) is 13.8 Å². The quantitative estimate of drug-likeness (QED) is 0.790. The fourth-order valence-corrected chi connectivity index (χ4v) is 2.87. The maximum absolute atomic E-state index is 12.5. The SMILES string of the molecule is CCOc1cc(C(=O)NC(C)c2ccc(Cl)cc2Cl)ccc1OC. The van der Waals surface area contributed by atoms with Crippen LogP contribution >= 0.6 is 23.2 Å². The lowest BCUT2D eigenvalue weighted by atomic mass is 10.1. The molecule has 1 N–H and O–H groups in total. The molecule has 0 saturated heterocycles. The van der Waals surface area contributed by atoms with Crippen molar-refractivity contribution < 1.29 is 14.3 Å². The van der Waals surface area contributed by atoms with Gasteiger partial charge in [-0.15, -0.1) is 0 Å². The molecule has 2 aromatic carbocycles. The summed E-state index contributed by atoms with van der Waals surface area (Å²) in [4.78, 5) is 12.5. The highest BCUT2D eigenvalue weighted by molar-refractivity contribution is 6.35. The standard InChI is InChI=1S/C18H19Cl2NO3/c1-4-24-17-9-12(5-8-16(17)23-3)18(22)21-11(2)14-7-6-13(19)10-15(14)20/h5-11H,4H2,1-3H3,(H,21,22).